The van der Waals surface area contributed by atoms with Gasteiger partial charge >= 0.3 is 5.97 Å². The number of carbonyl (C=O) groups is 1. The van der Waals surface area contributed by atoms with Gasteiger partial charge in [0.1, 0.15) is 12.2 Å². The van der Waals surface area contributed by atoms with Gasteiger partial charge in [-0.15, -0.1) is 0 Å². The molecule has 128 valence electrons. The predicted molar refractivity (Wildman–Crippen MR) is 96.0 cm³/mol. The smallest absolute Gasteiger partial charge is 0.345 e. The molecule has 2 aromatic carbocycles. The second-order valence-corrected chi connectivity index (χ2v) is 5.96. The number of aliphatic hydroxyl groups excluding tert-OH is 1. The number of aryl methyl sites for hydroxylation is 1. The zero-order chi connectivity index (χ0) is 17.8. The quantitative estimate of drug-likeness (QED) is 0.520. The van der Waals surface area contributed by atoms with Gasteiger partial charge in [0.25, 0.3) is 5.95 Å². The van der Waals surface area contributed by atoms with Crippen LogP contribution < -0.4 is 0 Å². The van der Waals surface area contributed by atoms with Crippen molar-refractivity contribution in [1.82, 2.24) is 0 Å². The molecule has 1 aliphatic heterocycles. The van der Waals surface area contributed by atoms with Crippen molar-refractivity contribution >= 4 is 12.0 Å². The molecule has 0 bridgehead atoms. The third-order valence-electron chi connectivity index (χ3n) is 4.26. The summed E-state index contributed by atoms with van der Waals surface area (Å²) in [7, 11) is 1.32. The predicted octanol–water partition coefficient (Wildman–Crippen LogP) is 4.14. The summed E-state index contributed by atoms with van der Waals surface area (Å²) in [6.07, 6.45) is 1.90. The van der Waals surface area contributed by atoms with Crippen LogP contribution in [-0.4, -0.2) is 24.8 Å². The highest BCUT2D eigenvalue weighted by Crippen LogP contribution is 2.37. The lowest BCUT2D eigenvalue weighted by Gasteiger charge is -2.28. The van der Waals surface area contributed by atoms with Crippen molar-refractivity contribution in [2.45, 2.75) is 12.8 Å². The molecule has 0 spiro atoms. The molecule has 3 rings (SSSR count). The first-order chi connectivity index (χ1) is 12.1. The maximum Gasteiger partial charge on any atom is 0.345 e. The molecule has 1 saturated heterocycles. The minimum Gasteiger partial charge on any atom is -0.480 e. The molecule has 2 aromatic rings. The van der Waals surface area contributed by atoms with Crippen molar-refractivity contribution in [1.29, 1.82) is 0 Å². The molecule has 1 atom stereocenters. The van der Waals surface area contributed by atoms with Crippen molar-refractivity contribution in [3.63, 3.8) is 0 Å². The number of cyclic esters (lactones) is 1. The van der Waals surface area contributed by atoms with E-state index in [1.54, 1.807) is 0 Å². The van der Waals surface area contributed by atoms with Gasteiger partial charge in [0.2, 0.25) is 0 Å². The van der Waals surface area contributed by atoms with Crippen LogP contribution >= 0.6 is 0 Å². The van der Waals surface area contributed by atoms with Crippen LogP contribution in [-0.2, 0) is 14.3 Å². The molecule has 0 amide bonds. The van der Waals surface area contributed by atoms with Gasteiger partial charge in [0, 0.05) is 5.92 Å². The summed E-state index contributed by atoms with van der Waals surface area (Å²) in [5.74, 6) is -1.18. The number of ether oxygens (including phenoxy) is 2. The van der Waals surface area contributed by atoms with Crippen LogP contribution in [0.4, 0.5) is 0 Å². The summed E-state index contributed by atoms with van der Waals surface area (Å²) < 4.78 is 10.2. The monoisotopic (exact) mass is 336 g/mol. The van der Waals surface area contributed by atoms with Crippen molar-refractivity contribution in [3.05, 3.63) is 88.4 Å². The average Bonchev–Trinajstić information content (AvgIpc) is 2.63. The highest BCUT2D eigenvalue weighted by Gasteiger charge is 2.35. The molecule has 1 heterocycles. The highest BCUT2D eigenvalue weighted by atomic mass is 16.6. The van der Waals surface area contributed by atoms with Crippen LogP contribution in [0.5, 0.6) is 0 Å². The molecule has 0 aliphatic carbocycles. The van der Waals surface area contributed by atoms with Crippen LogP contribution in [0.25, 0.3) is 6.08 Å². The fraction of sp³-hybridized carbons (Fsp3) is 0.190. The standard InChI is InChI=1S/C21H20O4/c1-14-8-10-16(11-9-14)18-13-25-21(23)19(20(22)24-2)17(18)12-15-6-4-3-5-7-15/h3-12,18,22H,13H2,1-2H3/b17-12?,20-19-. The topological polar surface area (TPSA) is 55.8 Å². The minimum absolute atomic E-state index is 0.0724. The number of benzene rings is 2. The molecule has 25 heavy (non-hydrogen) atoms. The molecule has 0 saturated carbocycles. The van der Waals surface area contributed by atoms with Gasteiger partial charge in [-0.2, -0.15) is 0 Å². The Bertz CT molecular complexity index is 817. The van der Waals surface area contributed by atoms with Crippen LogP contribution in [0.15, 0.2) is 71.7 Å². The molecule has 1 N–H and O–H groups in total. The summed E-state index contributed by atoms with van der Waals surface area (Å²) in [4.78, 5) is 12.3. The third kappa shape index (κ3) is 3.58. The van der Waals surface area contributed by atoms with E-state index in [4.69, 9.17) is 9.47 Å². The second-order valence-electron chi connectivity index (χ2n) is 5.96. The van der Waals surface area contributed by atoms with E-state index in [9.17, 15) is 9.90 Å². The molecule has 1 aliphatic rings. The molecule has 1 fully saturated rings. The fourth-order valence-electron chi connectivity index (χ4n) is 2.90. The van der Waals surface area contributed by atoms with Crippen molar-refractivity contribution in [2.24, 2.45) is 0 Å². The Morgan fingerprint density at radius 3 is 2.48 bits per heavy atom. The SMILES string of the molecule is CO/C(O)=C1\C(=O)OCC(c2ccc(C)cc2)C1=Cc1ccccc1. The first kappa shape index (κ1) is 16.8. The van der Waals surface area contributed by atoms with E-state index in [2.05, 4.69) is 0 Å². The van der Waals surface area contributed by atoms with Crippen molar-refractivity contribution in [2.75, 3.05) is 13.7 Å². The Balaban J connectivity index is 2.14. The van der Waals surface area contributed by atoms with E-state index < -0.39 is 11.9 Å². The molecule has 4 heteroatoms. The van der Waals surface area contributed by atoms with E-state index in [-0.39, 0.29) is 18.1 Å². The molecular formula is C21H20O4. The van der Waals surface area contributed by atoms with Gasteiger partial charge in [-0.05, 0) is 29.7 Å². The van der Waals surface area contributed by atoms with Crippen molar-refractivity contribution < 1.29 is 19.4 Å². The average molecular weight is 336 g/mol. The largest absolute Gasteiger partial charge is 0.480 e. The Morgan fingerprint density at radius 2 is 1.84 bits per heavy atom. The number of rotatable bonds is 3. The third-order valence-corrected chi connectivity index (χ3v) is 4.26. The minimum atomic E-state index is -0.579. The van der Waals surface area contributed by atoms with Crippen LogP contribution in [0.1, 0.15) is 22.6 Å². The van der Waals surface area contributed by atoms with Crippen LogP contribution in [0.3, 0.4) is 0 Å². The highest BCUT2D eigenvalue weighted by molar-refractivity contribution is 5.97. The normalized spacial score (nSPS) is 21.0. The summed E-state index contributed by atoms with van der Waals surface area (Å²) in [5.41, 5.74) is 3.86. The number of carbonyl (C=O) groups excluding carboxylic acids is 1. The maximum atomic E-state index is 12.3. The number of hydrogen-bond donors (Lipinski definition) is 1. The zero-order valence-electron chi connectivity index (χ0n) is 14.2. The van der Waals surface area contributed by atoms with E-state index >= 15 is 0 Å². The molecular weight excluding hydrogens is 316 g/mol. The number of hydrogen-bond acceptors (Lipinski definition) is 4. The molecule has 0 aromatic heterocycles. The Hall–Kier alpha value is -3.01. The van der Waals surface area contributed by atoms with E-state index in [1.807, 2.05) is 67.6 Å². The lowest BCUT2D eigenvalue weighted by Crippen LogP contribution is -2.27. The Morgan fingerprint density at radius 1 is 1.16 bits per heavy atom. The van der Waals surface area contributed by atoms with Crippen molar-refractivity contribution in [3.8, 4) is 0 Å². The Labute approximate surface area is 147 Å². The molecule has 1 unspecified atom stereocenters. The van der Waals surface area contributed by atoms with Crippen LogP contribution in [0.2, 0.25) is 0 Å². The summed E-state index contributed by atoms with van der Waals surface area (Å²) >= 11 is 0. The van der Waals surface area contributed by atoms with Gasteiger partial charge in [-0.1, -0.05) is 60.2 Å². The number of esters is 1. The summed E-state index contributed by atoms with van der Waals surface area (Å²) in [6.45, 7) is 2.24. The second kappa shape index (κ2) is 7.26. The fourth-order valence-corrected chi connectivity index (χ4v) is 2.90. The number of aliphatic hydroxyl groups is 1. The summed E-state index contributed by atoms with van der Waals surface area (Å²) in [6, 6.07) is 17.7. The Kier molecular flexibility index (Phi) is 4.89. The van der Waals surface area contributed by atoms with Gasteiger partial charge < -0.3 is 14.6 Å². The molecule has 4 nitrogen and oxygen atoms in total. The van der Waals surface area contributed by atoms with Gasteiger partial charge in [-0.25, -0.2) is 4.79 Å². The first-order valence-electron chi connectivity index (χ1n) is 8.08. The maximum absolute atomic E-state index is 12.3. The first-order valence-corrected chi connectivity index (χ1v) is 8.08. The van der Waals surface area contributed by atoms with E-state index in [0.29, 0.717) is 5.57 Å². The van der Waals surface area contributed by atoms with E-state index in [1.165, 1.54) is 7.11 Å². The molecule has 0 radical (unpaired) electrons. The lowest BCUT2D eigenvalue weighted by atomic mass is 9.84. The summed E-state index contributed by atoms with van der Waals surface area (Å²) in [5, 5.41) is 10.1. The van der Waals surface area contributed by atoms with Crippen LogP contribution in [0, 0.1) is 6.92 Å². The van der Waals surface area contributed by atoms with Gasteiger partial charge in [0.15, 0.2) is 0 Å². The lowest BCUT2D eigenvalue weighted by molar-refractivity contribution is -0.141. The van der Waals surface area contributed by atoms with Gasteiger partial charge in [-0.3, -0.25) is 0 Å². The van der Waals surface area contributed by atoms with E-state index in [0.717, 1.165) is 16.7 Å². The van der Waals surface area contributed by atoms with Gasteiger partial charge in [0.05, 0.1) is 7.11 Å². The zero-order valence-corrected chi connectivity index (χ0v) is 14.2. The number of methoxy groups -OCH3 is 1.